The summed E-state index contributed by atoms with van der Waals surface area (Å²) in [6, 6.07) is 9.79. The molecule has 0 unspecified atom stereocenters. The van der Waals surface area contributed by atoms with Crippen LogP contribution in [-0.2, 0) is 10.2 Å². The van der Waals surface area contributed by atoms with E-state index >= 15 is 0 Å². The second kappa shape index (κ2) is 3.79. The lowest BCUT2D eigenvalue weighted by atomic mass is 9.78. The molecule has 0 radical (unpaired) electrons. The Labute approximate surface area is 85.5 Å². The first-order valence-electron chi connectivity index (χ1n) is 4.72. The van der Waals surface area contributed by atoms with Crippen molar-refractivity contribution in [2.75, 3.05) is 0 Å². The summed E-state index contributed by atoms with van der Waals surface area (Å²) in [5.41, 5.74) is 1.18. The fourth-order valence-electron chi connectivity index (χ4n) is 1.52. The molecule has 0 saturated carbocycles. The van der Waals surface area contributed by atoms with E-state index in [-0.39, 0.29) is 5.78 Å². The Balaban J connectivity index is 3.08. The van der Waals surface area contributed by atoms with Crippen molar-refractivity contribution < 1.29 is 4.79 Å². The Morgan fingerprint density at radius 1 is 1.21 bits per heavy atom. The zero-order chi connectivity index (χ0) is 10.8. The summed E-state index contributed by atoms with van der Waals surface area (Å²) >= 11 is 0. The van der Waals surface area contributed by atoms with Crippen LogP contribution in [0.15, 0.2) is 42.5 Å². The van der Waals surface area contributed by atoms with Crippen LogP contribution in [0.3, 0.4) is 0 Å². The molecule has 74 valence electrons. The molecule has 0 aliphatic rings. The fourth-order valence-corrected chi connectivity index (χ4v) is 1.52. The molecular formula is C13H16O. The lowest BCUT2D eigenvalue weighted by molar-refractivity contribution is -0.119. The first-order valence-corrected chi connectivity index (χ1v) is 4.72. The van der Waals surface area contributed by atoms with Crippen molar-refractivity contribution in [2.24, 2.45) is 0 Å². The molecule has 0 aliphatic heterocycles. The summed E-state index contributed by atoms with van der Waals surface area (Å²) in [6.07, 6.45) is 0. The summed E-state index contributed by atoms with van der Waals surface area (Å²) < 4.78 is 0. The monoisotopic (exact) mass is 188 g/mol. The van der Waals surface area contributed by atoms with Crippen molar-refractivity contribution in [3.63, 3.8) is 0 Å². The highest BCUT2D eigenvalue weighted by Crippen LogP contribution is 2.26. The van der Waals surface area contributed by atoms with Gasteiger partial charge in [0.2, 0.25) is 0 Å². The summed E-state index contributed by atoms with van der Waals surface area (Å²) in [6.45, 7) is 9.31. The van der Waals surface area contributed by atoms with E-state index in [4.69, 9.17) is 0 Å². The Morgan fingerprint density at radius 3 is 2.14 bits per heavy atom. The standard InChI is InChI=1S/C13H16O/c1-10(2)12(14)13(3,4)11-8-6-5-7-9-11/h5-9H,1H2,2-4H3. The van der Waals surface area contributed by atoms with Crippen LogP contribution in [0.4, 0.5) is 0 Å². The number of carbonyl (C=O) groups excluding carboxylic acids is 1. The third-order valence-electron chi connectivity index (χ3n) is 2.45. The van der Waals surface area contributed by atoms with Crippen LogP contribution >= 0.6 is 0 Å². The molecule has 0 N–H and O–H groups in total. The molecule has 0 fully saturated rings. The maximum absolute atomic E-state index is 11.9. The number of carbonyl (C=O) groups is 1. The number of rotatable bonds is 3. The number of Topliss-reactive ketones (excluding diaryl/α,β-unsaturated/α-hetero) is 1. The van der Waals surface area contributed by atoms with Gasteiger partial charge in [-0.25, -0.2) is 0 Å². The molecule has 1 heteroatoms. The Morgan fingerprint density at radius 2 is 1.71 bits per heavy atom. The number of hydrogen-bond donors (Lipinski definition) is 0. The van der Waals surface area contributed by atoms with Crippen molar-refractivity contribution in [3.05, 3.63) is 48.0 Å². The SMILES string of the molecule is C=C(C)C(=O)C(C)(C)c1ccccc1. The van der Waals surface area contributed by atoms with Gasteiger partial charge in [-0.1, -0.05) is 36.9 Å². The van der Waals surface area contributed by atoms with E-state index in [0.29, 0.717) is 5.57 Å². The molecule has 1 rings (SSSR count). The van der Waals surface area contributed by atoms with Gasteiger partial charge in [0.25, 0.3) is 0 Å². The molecule has 14 heavy (non-hydrogen) atoms. The average molecular weight is 188 g/mol. The van der Waals surface area contributed by atoms with E-state index in [1.165, 1.54) is 0 Å². The van der Waals surface area contributed by atoms with Gasteiger partial charge in [-0.15, -0.1) is 0 Å². The largest absolute Gasteiger partial charge is 0.294 e. The van der Waals surface area contributed by atoms with Gasteiger partial charge in [-0.05, 0) is 31.9 Å². The molecule has 0 atom stereocenters. The number of benzene rings is 1. The molecule has 1 aromatic rings. The minimum Gasteiger partial charge on any atom is -0.294 e. The highest BCUT2D eigenvalue weighted by molar-refractivity contribution is 6.02. The van der Waals surface area contributed by atoms with Crippen LogP contribution in [0.1, 0.15) is 26.3 Å². The van der Waals surface area contributed by atoms with Gasteiger partial charge in [-0.2, -0.15) is 0 Å². The Kier molecular flexibility index (Phi) is 2.90. The van der Waals surface area contributed by atoms with Crippen LogP contribution in [0.2, 0.25) is 0 Å². The number of ketones is 1. The summed E-state index contributed by atoms with van der Waals surface area (Å²) in [5.74, 6) is 0.101. The summed E-state index contributed by atoms with van der Waals surface area (Å²) in [7, 11) is 0. The van der Waals surface area contributed by atoms with Gasteiger partial charge in [0.15, 0.2) is 5.78 Å². The van der Waals surface area contributed by atoms with Gasteiger partial charge in [0.05, 0.1) is 5.41 Å². The van der Waals surface area contributed by atoms with Crippen LogP contribution in [-0.4, -0.2) is 5.78 Å². The third kappa shape index (κ3) is 1.92. The fraction of sp³-hybridized carbons (Fsp3) is 0.308. The van der Waals surface area contributed by atoms with Crippen LogP contribution in [0, 0.1) is 0 Å². The van der Waals surface area contributed by atoms with Gasteiger partial charge < -0.3 is 0 Å². The van der Waals surface area contributed by atoms with Crippen molar-refractivity contribution in [2.45, 2.75) is 26.2 Å². The molecule has 0 bridgehead atoms. The zero-order valence-electron chi connectivity index (χ0n) is 9.00. The topological polar surface area (TPSA) is 17.1 Å². The van der Waals surface area contributed by atoms with Crippen LogP contribution in [0.25, 0.3) is 0 Å². The number of hydrogen-bond acceptors (Lipinski definition) is 1. The molecule has 1 nitrogen and oxygen atoms in total. The average Bonchev–Trinajstić information content (AvgIpc) is 2.18. The summed E-state index contributed by atoms with van der Waals surface area (Å²) in [5, 5.41) is 0. The lowest BCUT2D eigenvalue weighted by Crippen LogP contribution is -2.29. The van der Waals surface area contributed by atoms with Gasteiger partial charge in [-0.3, -0.25) is 4.79 Å². The van der Waals surface area contributed by atoms with Crippen molar-refractivity contribution >= 4 is 5.78 Å². The van der Waals surface area contributed by atoms with E-state index in [9.17, 15) is 4.79 Å². The second-order valence-corrected chi connectivity index (χ2v) is 4.10. The first kappa shape index (κ1) is 10.7. The van der Waals surface area contributed by atoms with E-state index in [1.807, 2.05) is 44.2 Å². The van der Waals surface area contributed by atoms with E-state index in [0.717, 1.165) is 5.56 Å². The zero-order valence-corrected chi connectivity index (χ0v) is 9.00. The molecule has 0 amide bonds. The second-order valence-electron chi connectivity index (χ2n) is 4.10. The van der Waals surface area contributed by atoms with E-state index in [1.54, 1.807) is 6.92 Å². The van der Waals surface area contributed by atoms with Crippen molar-refractivity contribution in [3.8, 4) is 0 Å². The maximum atomic E-state index is 11.9. The van der Waals surface area contributed by atoms with Gasteiger partial charge >= 0.3 is 0 Å². The first-order chi connectivity index (χ1) is 6.46. The minimum absolute atomic E-state index is 0.101. The van der Waals surface area contributed by atoms with E-state index < -0.39 is 5.41 Å². The van der Waals surface area contributed by atoms with Crippen molar-refractivity contribution in [1.29, 1.82) is 0 Å². The Bertz CT molecular complexity index is 347. The molecule has 0 aliphatic carbocycles. The minimum atomic E-state index is -0.465. The molecule has 0 aromatic heterocycles. The van der Waals surface area contributed by atoms with Crippen LogP contribution < -0.4 is 0 Å². The van der Waals surface area contributed by atoms with Gasteiger partial charge in [0, 0.05) is 0 Å². The number of allylic oxidation sites excluding steroid dienone is 1. The molecule has 0 saturated heterocycles. The highest BCUT2D eigenvalue weighted by Gasteiger charge is 2.29. The van der Waals surface area contributed by atoms with Crippen LogP contribution in [0.5, 0.6) is 0 Å². The van der Waals surface area contributed by atoms with Gasteiger partial charge in [0.1, 0.15) is 0 Å². The molecule has 0 heterocycles. The van der Waals surface area contributed by atoms with Crippen molar-refractivity contribution in [1.82, 2.24) is 0 Å². The smallest absolute Gasteiger partial charge is 0.167 e. The third-order valence-corrected chi connectivity index (χ3v) is 2.45. The quantitative estimate of drug-likeness (QED) is 0.666. The predicted octanol–water partition coefficient (Wildman–Crippen LogP) is 3.11. The predicted molar refractivity (Wildman–Crippen MR) is 59.3 cm³/mol. The molecule has 0 spiro atoms. The molecular weight excluding hydrogens is 172 g/mol. The highest BCUT2D eigenvalue weighted by atomic mass is 16.1. The molecule has 1 aromatic carbocycles. The van der Waals surface area contributed by atoms with E-state index in [2.05, 4.69) is 6.58 Å². The lowest BCUT2D eigenvalue weighted by Gasteiger charge is -2.23. The normalized spacial score (nSPS) is 11.1. The maximum Gasteiger partial charge on any atom is 0.167 e. The Hall–Kier alpha value is -1.37. The summed E-state index contributed by atoms with van der Waals surface area (Å²) in [4.78, 5) is 11.9.